The van der Waals surface area contributed by atoms with Gasteiger partial charge in [0, 0.05) is 12.1 Å². The van der Waals surface area contributed by atoms with Gasteiger partial charge in [0.25, 0.3) is 0 Å². The average Bonchev–Trinajstić information content (AvgIpc) is 2.13. The van der Waals surface area contributed by atoms with Gasteiger partial charge >= 0.3 is 0 Å². The molecule has 102 valence electrons. The van der Waals surface area contributed by atoms with Crippen LogP contribution in [0.3, 0.4) is 0 Å². The Labute approximate surface area is 108 Å². The SMILES string of the molecule is CN(CC(=O)NCCC#N)CC(=O)NC(C)(C)C. The fourth-order valence-electron chi connectivity index (χ4n) is 1.32. The molecule has 0 fully saturated rings. The number of carbonyl (C=O) groups is 2. The number of carbonyl (C=O) groups excluding carboxylic acids is 2. The van der Waals surface area contributed by atoms with Crippen molar-refractivity contribution in [1.29, 1.82) is 5.26 Å². The minimum absolute atomic E-state index is 0.116. The topological polar surface area (TPSA) is 85.2 Å². The minimum atomic E-state index is -0.271. The van der Waals surface area contributed by atoms with Crippen LogP contribution in [0, 0.1) is 11.3 Å². The van der Waals surface area contributed by atoms with E-state index in [2.05, 4.69) is 10.6 Å². The Morgan fingerprint density at radius 1 is 1.22 bits per heavy atom. The summed E-state index contributed by atoms with van der Waals surface area (Å²) in [6, 6.07) is 1.94. The van der Waals surface area contributed by atoms with Crippen molar-refractivity contribution in [3.8, 4) is 6.07 Å². The highest BCUT2D eigenvalue weighted by molar-refractivity contribution is 5.81. The maximum Gasteiger partial charge on any atom is 0.234 e. The van der Waals surface area contributed by atoms with Gasteiger partial charge in [0.2, 0.25) is 11.8 Å². The van der Waals surface area contributed by atoms with Crippen molar-refractivity contribution < 1.29 is 9.59 Å². The molecule has 2 N–H and O–H groups in total. The molecule has 0 spiro atoms. The molecule has 18 heavy (non-hydrogen) atoms. The van der Waals surface area contributed by atoms with Crippen LogP contribution in [0.5, 0.6) is 0 Å². The summed E-state index contributed by atoms with van der Waals surface area (Å²) in [4.78, 5) is 24.6. The van der Waals surface area contributed by atoms with Crippen molar-refractivity contribution in [2.75, 3.05) is 26.7 Å². The number of hydrogen-bond acceptors (Lipinski definition) is 4. The number of amides is 2. The van der Waals surface area contributed by atoms with Gasteiger partial charge in [-0.1, -0.05) is 0 Å². The Hall–Kier alpha value is -1.61. The normalized spacial score (nSPS) is 10.9. The van der Waals surface area contributed by atoms with Crippen LogP contribution < -0.4 is 10.6 Å². The molecule has 6 heteroatoms. The number of hydrogen-bond donors (Lipinski definition) is 2. The van der Waals surface area contributed by atoms with Crippen molar-refractivity contribution in [3.05, 3.63) is 0 Å². The highest BCUT2D eigenvalue weighted by Gasteiger charge is 2.16. The summed E-state index contributed by atoms with van der Waals surface area (Å²) in [5.41, 5.74) is -0.271. The third-order valence-electron chi connectivity index (χ3n) is 1.90. The van der Waals surface area contributed by atoms with E-state index in [-0.39, 0.29) is 30.4 Å². The molecule has 0 aliphatic carbocycles. The van der Waals surface area contributed by atoms with E-state index < -0.39 is 0 Å². The summed E-state index contributed by atoms with van der Waals surface area (Å²) in [6.07, 6.45) is 0.292. The van der Waals surface area contributed by atoms with E-state index in [1.807, 2.05) is 26.8 Å². The van der Waals surface area contributed by atoms with Crippen molar-refractivity contribution in [2.45, 2.75) is 32.7 Å². The van der Waals surface area contributed by atoms with Crippen molar-refractivity contribution >= 4 is 11.8 Å². The predicted molar refractivity (Wildman–Crippen MR) is 68.6 cm³/mol. The van der Waals surface area contributed by atoms with Crippen LogP contribution in [0.15, 0.2) is 0 Å². The van der Waals surface area contributed by atoms with Crippen LogP contribution in [0.1, 0.15) is 27.2 Å². The van der Waals surface area contributed by atoms with Crippen LogP contribution in [-0.4, -0.2) is 48.9 Å². The molecule has 0 radical (unpaired) electrons. The van der Waals surface area contributed by atoms with E-state index in [4.69, 9.17) is 5.26 Å². The number of nitrogens with one attached hydrogen (secondary N) is 2. The average molecular weight is 254 g/mol. The molecule has 6 nitrogen and oxygen atoms in total. The number of rotatable bonds is 6. The summed E-state index contributed by atoms with van der Waals surface area (Å²) in [5.74, 6) is -0.300. The second-order valence-electron chi connectivity index (χ2n) is 5.23. The Kier molecular flexibility index (Phi) is 6.98. The molecule has 0 saturated carbocycles. The predicted octanol–water partition coefficient (Wildman–Crippen LogP) is -0.137. The van der Waals surface area contributed by atoms with Crippen LogP contribution in [0.4, 0.5) is 0 Å². The van der Waals surface area contributed by atoms with Gasteiger partial charge in [-0.3, -0.25) is 14.5 Å². The van der Waals surface area contributed by atoms with E-state index in [1.54, 1.807) is 11.9 Å². The molecule has 0 aromatic heterocycles. The molecular weight excluding hydrogens is 232 g/mol. The lowest BCUT2D eigenvalue weighted by Crippen LogP contribution is -2.46. The first-order valence-electron chi connectivity index (χ1n) is 5.88. The molecule has 0 bridgehead atoms. The summed E-state index contributed by atoms with van der Waals surface area (Å²) < 4.78 is 0. The number of nitrogens with zero attached hydrogens (tertiary/aromatic N) is 2. The first-order valence-corrected chi connectivity index (χ1v) is 5.88. The van der Waals surface area contributed by atoms with E-state index in [9.17, 15) is 9.59 Å². The maximum atomic E-state index is 11.6. The fraction of sp³-hybridized carbons (Fsp3) is 0.750. The van der Waals surface area contributed by atoms with E-state index in [1.165, 1.54) is 0 Å². The van der Waals surface area contributed by atoms with E-state index in [0.717, 1.165) is 0 Å². The van der Waals surface area contributed by atoms with Gasteiger partial charge in [0.05, 0.1) is 25.6 Å². The lowest BCUT2D eigenvalue weighted by atomic mass is 10.1. The zero-order valence-corrected chi connectivity index (χ0v) is 11.5. The third kappa shape index (κ3) is 9.60. The fourth-order valence-corrected chi connectivity index (χ4v) is 1.32. The number of nitriles is 1. The van der Waals surface area contributed by atoms with Gasteiger partial charge in [-0.15, -0.1) is 0 Å². The number of likely N-dealkylation sites (N-methyl/N-ethyl adjacent to an activating group) is 1. The van der Waals surface area contributed by atoms with Gasteiger partial charge in [-0.05, 0) is 27.8 Å². The van der Waals surface area contributed by atoms with Crippen LogP contribution >= 0.6 is 0 Å². The van der Waals surface area contributed by atoms with Crippen molar-refractivity contribution in [1.82, 2.24) is 15.5 Å². The molecule has 0 aliphatic rings. The second-order valence-corrected chi connectivity index (χ2v) is 5.23. The van der Waals surface area contributed by atoms with Crippen LogP contribution in [0.2, 0.25) is 0 Å². The lowest BCUT2D eigenvalue weighted by Gasteiger charge is -2.23. The zero-order valence-electron chi connectivity index (χ0n) is 11.5. The van der Waals surface area contributed by atoms with Gasteiger partial charge in [-0.2, -0.15) is 5.26 Å². The largest absolute Gasteiger partial charge is 0.354 e. The second kappa shape index (κ2) is 7.67. The van der Waals surface area contributed by atoms with Gasteiger partial charge in [0.1, 0.15) is 0 Å². The zero-order chi connectivity index (χ0) is 14.2. The summed E-state index contributed by atoms with van der Waals surface area (Å²) >= 11 is 0. The van der Waals surface area contributed by atoms with Crippen LogP contribution in [0.25, 0.3) is 0 Å². The Bertz CT molecular complexity index is 328. The summed E-state index contributed by atoms with van der Waals surface area (Å²) in [7, 11) is 1.70. The smallest absolute Gasteiger partial charge is 0.234 e. The molecular formula is C12H22N4O2. The van der Waals surface area contributed by atoms with Crippen LogP contribution in [-0.2, 0) is 9.59 Å². The lowest BCUT2D eigenvalue weighted by molar-refractivity contribution is -0.125. The Balaban J connectivity index is 3.90. The van der Waals surface area contributed by atoms with E-state index >= 15 is 0 Å². The van der Waals surface area contributed by atoms with Gasteiger partial charge < -0.3 is 10.6 Å². The van der Waals surface area contributed by atoms with Crippen molar-refractivity contribution in [3.63, 3.8) is 0 Å². The molecule has 0 atom stereocenters. The third-order valence-corrected chi connectivity index (χ3v) is 1.90. The standard InChI is InChI=1S/C12H22N4O2/c1-12(2,3)15-11(18)9-16(4)8-10(17)14-7-5-6-13/h5,7-9H2,1-4H3,(H,14,17)(H,15,18). The minimum Gasteiger partial charge on any atom is -0.354 e. The van der Waals surface area contributed by atoms with Crippen molar-refractivity contribution in [2.24, 2.45) is 0 Å². The first kappa shape index (κ1) is 16.4. The summed E-state index contributed by atoms with van der Waals surface area (Å²) in [6.45, 7) is 6.36. The molecule has 0 rings (SSSR count). The highest BCUT2D eigenvalue weighted by atomic mass is 16.2. The van der Waals surface area contributed by atoms with Gasteiger partial charge in [-0.25, -0.2) is 0 Å². The molecule has 0 unspecified atom stereocenters. The molecule has 0 aromatic rings. The monoisotopic (exact) mass is 254 g/mol. The summed E-state index contributed by atoms with van der Waals surface area (Å²) in [5, 5.41) is 13.7. The first-order chi connectivity index (χ1) is 8.24. The molecule has 0 aromatic carbocycles. The molecule has 0 aliphatic heterocycles. The van der Waals surface area contributed by atoms with E-state index in [0.29, 0.717) is 13.0 Å². The Morgan fingerprint density at radius 3 is 2.28 bits per heavy atom. The highest BCUT2D eigenvalue weighted by Crippen LogP contribution is 1.98. The van der Waals surface area contributed by atoms with Gasteiger partial charge in [0.15, 0.2) is 0 Å². The Morgan fingerprint density at radius 2 is 1.78 bits per heavy atom. The molecule has 2 amide bonds. The quantitative estimate of drug-likeness (QED) is 0.646. The molecule has 0 saturated heterocycles. The maximum absolute atomic E-state index is 11.6. The molecule has 0 heterocycles.